The number of aliphatic hydroxyl groups is 1. The minimum atomic E-state index is -0.100. The summed E-state index contributed by atoms with van der Waals surface area (Å²) in [5.74, 6) is 1.02. The number of nitrogens with zero attached hydrogens (tertiary/aromatic N) is 2. The fourth-order valence-electron chi connectivity index (χ4n) is 2.70. The molecule has 1 aliphatic carbocycles. The Morgan fingerprint density at radius 1 is 1.53 bits per heavy atom. The second-order valence-electron chi connectivity index (χ2n) is 5.51. The zero-order chi connectivity index (χ0) is 12.4. The van der Waals surface area contributed by atoms with Crippen molar-refractivity contribution in [1.29, 1.82) is 0 Å². The molecule has 0 spiro atoms. The van der Waals surface area contributed by atoms with Gasteiger partial charge < -0.3 is 5.11 Å². The SMILES string of the molecule is CCC(C)n1ccc(CC2CCC(O)C2C)n1. The van der Waals surface area contributed by atoms with E-state index in [1.165, 1.54) is 5.69 Å². The number of aromatic nitrogens is 2. The highest BCUT2D eigenvalue weighted by Gasteiger charge is 2.31. The Labute approximate surface area is 104 Å². The maximum atomic E-state index is 9.75. The monoisotopic (exact) mass is 236 g/mol. The third-order valence-electron chi connectivity index (χ3n) is 4.36. The van der Waals surface area contributed by atoms with Crippen molar-refractivity contribution in [2.24, 2.45) is 11.8 Å². The van der Waals surface area contributed by atoms with Gasteiger partial charge in [-0.15, -0.1) is 0 Å². The summed E-state index contributed by atoms with van der Waals surface area (Å²) >= 11 is 0. The van der Waals surface area contributed by atoms with Crippen molar-refractivity contribution in [3.05, 3.63) is 18.0 Å². The molecule has 1 aromatic heterocycles. The van der Waals surface area contributed by atoms with Crippen LogP contribution in [0.3, 0.4) is 0 Å². The summed E-state index contributed by atoms with van der Waals surface area (Å²) in [6.07, 6.45) is 6.20. The summed E-state index contributed by atoms with van der Waals surface area (Å²) in [4.78, 5) is 0. The molecule has 1 fully saturated rings. The molecule has 1 aliphatic rings. The van der Waals surface area contributed by atoms with Gasteiger partial charge in [0.05, 0.1) is 11.8 Å². The molecule has 4 atom stereocenters. The van der Waals surface area contributed by atoms with Crippen molar-refractivity contribution in [2.45, 2.75) is 58.6 Å². The lowest BCUT2D eigenvalue weighted by atomic mass is 9.92. The molecule has 1 saturated carbocycles. The van der Waals surface area contributed by atoms with Gasteiger partial charge in [0.2, 0.25) is 0 Å². The van der Waals surface area contributed by atoms with Gasteiger partial charge in [-0.25, -0.2) is 0 Å². The first-order valence-corrected chi connectivity index (χ1v) is 6.84. The minimum Gasteiger partial charge on any atom is -0.393 e. The Bertz CT molecular complexity index is 361. The van der Waals surface area contributed by atoms with Crippen molar-refractivity contribution in [3.63, 3.8) is 0 Å². The summed E-state index contributed by atoms with van der Waals surface area (Å²) in [5, 5.41) is 14.4. The van der Waals surface area contributed by atoms with Gasteiger partial charge >= 0.3 is 0 Å². The summed E-state index contributed by atoms with van der Waals surface area (Å²) in [5.41, 5.74) is 1.18. The quantitative estimate of drug-likeness (QED) is 0.873. The molecule has 0 amide bonds. The molecule has 3 nitrogen and oxygen atoms in total. The number of rotatable bonds is 4. The van der Waals surface area contributed by atoms with Crippen molar-refractivity contribution in [1.82, 2.24) is 9.78 Å². The molecular formula is C14H24N2O. The first-order chi connectivity index (χ1) is 8.11. The zero-order valence-corrected chi connectivity index (χ0v) is 11.1. The Kier molecular flexibility index (Phi) is 3.87. The predicted octanol–water partition coefficient (Wildman–Crippen LogP) is 2.80. The first-order valence-electron chi connectivity index (χ1n) is 6.84. The molecule has 0 bridgehead atoms. The predicted molar refractivity (Wildman–Crippen MR) is 68.8 cm³/mol. The third kappa shape index (κ3) is 2.71. The number of hydrogen-bond donors (Lipinski definition) is 1. The number of hydrogen-bond acceptors (Lipinski definition) is 2. The highest BCUT2D eigenvalue weighted by atomic mass is 16.3. The number of aliphatic hydroxyl groups excluding tert-OH is 1. The van der Waals surface area contributed by atoms with Crippen molar-refractivity contribution < 1.29 is 5.11 Å². The Morgan fingerprint density at radius 3 is 2.88 bits per heavy atom. The summed E-state index contributed by atoms with van der Waals surface area (Å²) in [7, 11) is 0. The first kappa shape index (κ1) is 12.6. The van der Waals surface area contributed by atoms with Crippen LogP contribution in [0.2, 0.25) is 0 Å². The van der Waals surface area contributed by atoms with Crippen molar-refractivity contribution in [3.8, 4) is 0 Å². The fraction of sp³-hybridized carbons (Fsp3) is 0.786. The summed E-state index contributed by atoms with van der Waals surface area (Å²) in [6, 6.07) is 2.61. The average Bonchev–Trinajstić information content (AvgIpc) is 2.91. The maximum Gasteiger partial charge on any atom is 0.0627 e. The molecule has 1 heterocycles. The van der Waals surface area contributed by atoms with Crippen LogP contribution in [-0.4, -0.2) is 21.0 Å². The molecule has 1 aromatic rings. The molecule has 17 heavy (non-hydrogen) atoms. The van der Waals surface area contributed by atoms with Crippen LogP contribution >= 0.6 is 0 Å². The van der Waals surface area contributed by atoms with Crippen molar-refractivity contribution >= 4 is 0 Å². The van der Waals surface area contributed by atoms with Crippen LogP contribution in [0, 0.1) is 11.8 Å². The molecule has 3 heteroatoms. The van der Waals surface area contributed by atoms with E-state index < -0.39 is 0 Å². The van der Waals surface area contributed by atoms with Gasteiger partial charge in [0.1, 0.15) is 0 Å². The van der Waals surface area contributed by atoms with E-state index in [2.05, 4.69) is 42.8 Å². The molecule has 0 aliphatic heterocycles. The molecule has 0 radical (unpaired) electrons. The van der Waals surface area contributed by atoms with E-state index >= 15 is 0 Å². The Hall–Kier alpha value is -0.830. The highest BCUT2D eigenvalue weighted by molar-refractivity contribution is 5.02. The Balaban J connectivity index is 1.97. The summed E-state index contributed by atoms with van der Waals surface area (Å²) < 4.78 is 2.06. The topological polar surface area (TPSA) is 38.0 Å². The third-order valence-corrected chi connectivity index (χ3v) is 4.36. The van der Waals surface area contributed by atoms with Crippen LogP contribution in [0.1, 0.15) is 51.8 Å². The van der Waals surface area contributed by atoms with Crippen LogP contribution < -0.4 is 0 Å². The van der Waals surface area contributed by atoms with E-state index in [0.717, 1.165) is 25.7 Å². The molecule has 2 rings (SSSR count). The lowest BCUT2D eigenvalue weighted by Gasteiger charge is -2.16. The van der Waals surface area contributed by atoms with E-state index in [0.29, 0.717) is 17.9 Å². The van der Waals surface area contributed by atoms with Gasteiger partial charge in [0.25, 0.3) is 0 Å². The van der Waals surface area contributed by atoms with Crippen LogP contribution in [0.15, 0.2) is 12.3 Å². The van der Waals surface area contributed by atoms with E-state index in [9.17, 15) is 5.11 Å². The summed E-state index contributed by atoms with van der Waals surface area (Å²) in [6.45, 7) is 6.54. The fourth-order valence-corrected chi connectivity index (χ4v) is 2.70. The molecule has 0 aromatic carbocycles. The van der Waals surface area contributed by atoms with E-state index in [1.807, 2.05) is 0 Å². The zero-order valence-electron chi connectivity index (χ0n) is 11.1. The van der Waals surface area contributed by atoms with Crippen LogP contribution in [0.5, 0.6) is 0 Å². The van der Waals surface area contributed by atoms with Gasteiger partial charge in [0, 0.05) is 12.2 Å². The highest BCUT2D eigenvalue weighted by Crippen LogP contribution is 2.33. The van der Waals surface area contributed by atoms with E-state index in [1.54, 1.807) is 0 Å². The standard InChI is InChI=1S/C14H24N2O/c1-4-10(2)16-8-7-13(15-16)9-12-5-6-14(17)11(12)3/h7-8,10-12,14,17H,4-6,9H2,1-3H3. The largest absolute Gasteiger partial charge is 0.393 e. The molecule has 0 saturated heterocycles. The van der Waals surface area contributed by atoms with Gasteiger partial charge in [-0.05, 0) is 50.5 Å². The lowest BCUT2D eigenvalue weighted by molar-refractivity contribution is 0.127. The molecule has 4 unspecified atom stereocenters. The van der Waals surface area contributed by atoms with E-state index in [-0.39, 0.29) is 6.10 Å². The molecule has 96 valence electrons. The van der Waals surface area contributed by atoms with Crippen molar-refractivity contribution in [2.75, 3.05) is 0 Å². The smallest absolute Gasteiger partial charge is 0.0627 e. The van der Waals surface area contributed by atoms with E-state index in [4.69, 9.17) is 0 Å². The lowest BCUT2D eigenvalue weighted by Crippen LogP contribution is -2.17. The molecule has 1 N–H and O–H groups in total. The minimum absolute atomic E-state index is 0.100. The second kappa shape index (κ2) is 5.21. The molecular weight excluding hydrogens is 212 g/mol. The van der Waals surface area contributed by atoms with Crippen LogP contribution in [-0.2, 0) is 6.42 Å². The Morgan fingerprint density at radius 2 is 2.29 bits per heavy atom. The van der Waals surface area contributed by atoms with Gasteiger partial charge in [0.15, 0.2) is 0 Å². The van der Waals surface area contributed by atoms with Gasteiger partial charge in [-0.2, -0.15) is 5.10 Å². The van der Waals surface area contributed by atoms with Crippen LogP contribution in [0.4, 0.5) is 0 Å². The maximum absolute atomic E-state index is 9.75. The second-order valence-corrected chi connectivity index (χ2v) is 5.51. The van der Waals surface area contributed by atoms with Gasteiger partial charge in [-0.3, -0.25) is 4.68 Å². The van der Waals surface area contributed by atoms with Crippen LogP contribution in [0.25, 0.3) is 0 Å². The van der Waals surface area contributed by atoms with Gasteiger partial charge in [-0.1, -0.05) is 13.8 Å². The normalized spacial score (nSPS) is 30.7. The average molecular weight is 236 g/mol.